The van der Waals surface area contributed by atoms with Gasteiger partial charge in [-0.2, -0.15) is 0 Å². The molecule has 0 atom stereocenters. The Hall–Kier alpha value is -0.850. The summed E-state index contributed by atoms with van der Waals surface area (Å²) in [7, 11) is -2.88. The number of rotatable bonds is 6. The molecule has 0 amide bonds. The van der Waals surface area contributed by atoms with Crippen molar-refractivity contribution in [3.05, 3.63) is 34.9 Å². The van der Waals surface area contributed by atoms with Gasteiger partial charge in [-0.05, 0) is 22.0 Å². The Balaban J connectivity index is 1.92. The Bertz CT molecular complexity index is 664. The van der Waals surface area contributed by atoms with E-state index in [4.69, 9.17) is 0 Å². The molecule has 0 saturated heterocycles. The standard InChI is InChI=1S/C13H17BrN2O2S/c1-19(17,18)9-7-15-6-8-16-10-12(14)11-4-2-3-5-13(11)16/h2-5,10,15H,6-9H2,1H3. The number of sulfone groups is 1. The van der Waals surface area contributed by atoms with Gasteiger partial charge >= 0.3 is 0 Å². The second-order valence-electron chi connectivity index (χ2n) is 4.57. The number of hydrogen-bond donors (Lipinski definition) is 1. The summed E-state index contributed by atoms with van der Waals surface area (Å²) in [6.07, 6.45) is 3.31. The number of fused-ring (bicyclic) bond motifs is 1. The van der Waals surface area contributed by atoms with Gasteiger partial charge in [-0.15, -0.1) is 0 Å². The van der Waals surface area contributed by atoms with Crippen molar-refractivity contribution in [2.75, 3.05) is 25.1 Å². The van der Waals surface area contributed by atoms with Crippen LogP contribution in [0, 0.1) is 0 Å². The summed E-state index contributed by atoms with van der Waals surface area (Å²) in [5.41, 5.74) is 1.18. The monoisotopic (exact) mass is 344 g/mol. The Labute approximate surface area is 121 Å². The Morgan fingerprint density at radius 2 is 2.00 bits per heavy atom. The van der Waals surface area contributed by atoms with Crippen LogP contribution in [0.5, 0.6) is 0 Å². The van der Waals surface area contributed by atoms with Crippen LogP contribution in [0.4, 0.5) is 0 Å². The van der Waals surface area contributed by atoms with E-state index in [1.807, 2.05) is 12.1 Å². The first-order valence-corrected chi connectivity index (χ1v) is 8.94. The van der Waals surface area contributed by atoms with E-state index in [0.717, 1.165) is 17.6 Å². The second kappa shape index (κ2) is 6.07. The number of para-hydroxylation sites is 1. The zero-order valence-corrected chi connectivity index (χ0v) is 13.2. The third-order valence-electron chi connectivity index (χ3n) is 2.92. The largest absolute Gasteiger partial charge is 0.345 e. The minimum absolute atomic E-state index is 0.184. The van der Waals surface area contributed by atoms with Gasteiger partial charge < -0.3 is 9.88 Å². The van der Waals surface area contributed by atoms with Crippen LogP contribution in [-0.2, 0) is 16.4 Å². The zero-order valence-electron chi connectivity index (χ0n) is 10.8. The molecular formula is C13H17BrN2O2S. The molecule has 19 heavy (non-hydrogen) atoms. The predicted octanol–water partition coefficient (Wildman–Crippen LogP) is 2.04. The van der Waals surface area contributed by atoms with Gasteiger partial charge in [-0.1, -0.05) is 18.2 Å². The van der Waals surface area contributed by atoms with Gasteiger partial charge in [0.25, 0.3) is 0 Å². The fourth-order valence-corrected chi connectivity index (χ4v) is 3.07. The molecule has 0 radical (unpaired) electrons. The van der Waals surface area contributed by atoms with E-state index in [1.54, 1.807) is 0 Å². The zero-order chi connectivity index (χ0) is 13.9. The lowest BCUT2D eigenvalue weighted by molar-refractivity contribution is 0.589. The predicted molar refractivity (Wildman–Crippen MR) is 82.2 cm³/mol. The van der Waals surface area contributed by atoms with Crippen LogP contribution in [-0.4, -0.2) is 38.1 Å². The summed E-state index contributed by atoms with van der Waals surface area (Å²) in [5, 5.41) is 4.34. The molecule has 0 aliphatic rings. The van der Waals surface area contributed by atoms with Crippen molar-refractivity contribution in [2.45, 2.75) is 6.54 Å². The van der Waals surface area contributed by atoms with Crippen LogP contribution >= 0.6 is 15.9 Å². The Kier molecular flexibility index (Phi) is 4.65. The maximum absolute atomic E-state index is 11.0. The van der Waals surface area contributed by atoms with Crippen molar-refractivity contribution in [1.82, 2.24) is 9.88 Å². The molecule has 104 valence electrons. The quantitative estimate of drug-likeness (QED) is 0.816. The van der Waals surface area contributed by atoms with E-state index in [1.165, 1.54) is 17.2 Å². The Morgan fingerprint density at radius 1 is 1.26 bits per heavy atom. The topological polar surface area (TPSA) is 51.1 Å². The molecule has 1 aromatic heterocycles. The summed E-state index contributed by atoms with van der Waals surface area (Å²) >= 11 is 3.55. The average molecular weight is 345 g/mol. The number of nitrogens with zero attached hydrogens (tertiary/aromatic N) is 1. The Morgan fingerprint density at radius 3 is 2.74 bits per heavy atom. The lowest BCUT2D eigenvalue weighted by Gasteiger charge is -2.06. The van der Waals surface area contributed by atoms with E-state index in [0.29, 0.717) is 6.54 Å². The van der Waals surface area contributed by atoms with Gasteiger partial charge in [-0.3, -0.25) is 0 Å². The van der Waals surface area contributed by atoms with E-state index in [-0.39, 0.29) is 5.75 Å². The number of nitrogens with one attached hydrogen (secondary N) is 1. The molecule has 0 aliphatic heterocycles. The number of aromatic nitrogens is 1. The number of benzene rings is 1. The molecule has 2 rings (SSSR count). The van der Waals surface area contributed by atoms with E-state index >= 15 is 0 Å². The third-order valence-corrected chi connectivity index (χ3v) is 4.50. The molecule has 1 heterocycles. The highest BCUT2D eigenvalue weighted by molar-refractivity contribution is 9.10. The van der Waals surface area contributed by atoms with Crippen LogP contribution < -0.4 is 5.32 Å². The number of halogens is 1. The summed E-state index contributed by atoms with van der Waals surface area (Å²) in [5.74, 6) is 0.184. The van der Waals surface area contributed by atoms with Gasteiger partial charge in [0.2, 0.25) is 0 Å². The molecule has 0 fully saturated rings. The maximum Gasteiger partial charge on any atom is 0.148 e. The highest BCUT2D eigenvalue weighted by atomic mass is 79.9. The van der Waals surface area contributed by atoms with E-state index in [9.17, 15) is 8.42 Å². The highest BCUT2D eigenvalue weighted by Crippen LogP contribution is 2.25. The third kappa shape index (κ3) is 4.06. The van der Waals surface area contributed by atoms with Crippen molar-refractivity contribution in [3.8, 4) is 0 Å². The van der Waals surface area contributed by atoms with Crippen LogP contribution in [0.25, 0.3) is 10.9 Å². The van der Waals surface area contributed by atoms with Gasteiger partial charge in [0.1, 0.15) is 9.84 Å². The first-order chi connectivity index (χ1) is 8.97. The summed E-state index contributed by atoms with van der Waals surface area (Å²) in [6.45, 7) is 2.07. The van der Waals surface area contributed by atoms with Crippen LogP contribution in [0.2, 0.25) is 0 Å². The van der Waals surface area contributed by atoms with E-state index in [2.05, 4.69) is 44.1 Å². The summed E-state index contributed by atoms with van der Waals surface area (Å²) in [4.78, 5) is 0. The SMILES string of the molecule is CS(=O)(=O)CCNCCn1cc(Br)c2ccccc21. The molecule has 0 bridgehead atoms. The summed E-state index contributed by atoms with van der Waals surface area (Å²) < 4.78 is 25.2. The van der Waals surface area contributed by atoms with Crippen molar-refractivity contribution in [3.63, 3.8) is 0 Å². The summed E-state index contributed by atoms with van der Waals surface area (Å²) in [6, 6.07) is 8.19. The average Bonchev–Trinajstić information content (AvgIpc) is 2.65. The molecular weight excluding hydrogens is 328 g/mol. The van der Waals surface area contributed by atoms with Crippen molar-refractivity contribution in [1.29, 1.82) is 0 Å². The second-order valence-corrected chi connectivity index (χ2v) is 7.68. The van der Waals surface area contributed by atoms with Gasteiger partial charge in [0.15, 0.2) is 0 Å². The lowest BCUT2D eigenvalue weighted by Crippen LogP contribution is -2.25. The van der Waals surface area contributed by atoms with Crippen LogP contribution in [0.1, 0.15) is 0 Å². The van der Waals surface area contributed by atoms with Crippen LogP contribution in [0.15, 0.2) is 34.9 Å². The molecule has 0 unspecified atom stereocenters. The van der Waals surface area contributed by atoms with Crippen molar-refractivity contribution >= 4 is 36.7 Å². The molecule has 0 saturated carbocycles. The molecule has 4 nitrogen and oxygen atoms in total. The normalized spacial score (nSPS) is 12.1. The lowest BCUT2D eigenvalue weighted by atomic mass is 10.2. The van der Waals surface area contributed by atoms with Gasteiger partial charge in [0, 0.05) is 47.5 Å². The smallest absolute Gasteiger partial charge is 0.148 e. The highest BCUT2D eigenvalue weighted by Gasteiger charge is 2.05. The van der Waals surface area contributed by atoms with Crippen molar-refractivity contribution in [2.24, 2.45) is 0 Å². The van der Waals surface area contributed by atoms with Crippen molar-refractivity contribution < 1.29 is 8.42 Å². The first-order valence-electron chi connectivity index (χ1n) is 6.09. The molecule has 1 aromatic carbocycles. The van der Waals surface area contributed by atoms with Gasteiger partial charge in [-0.25, -0.2) is 8.42 Å². The maximum atomic E-state index is 11.0. The van der Waals surface area contributed by atoms with Gasteiger partial charge in [0.05, 0.1) is 5.75 Å². The minimum Gasteiger partial charge on any atom is -0.345 e. The molecule has 0 aliphatic carbocycles. The van der Waals surface area contributed by atoms with Crippen LogP contribution in [0.3, 0.4) is 0 Å². The number of hydrogen-bond acceptors (Lipinski definition) is 3. The molecule has 1 N–H and O–H groups in total. The fourth-order valence-electron chi connectivity index (χ4n) is 1.97. The fraction of sp³-hybridized carbons (Fsp3) is 0.385. The molecule has 2 aromatic rings. The molecule has 6 heteroatoms. The minimum atomic E-state index is -2.88. The first kappa shape index (κ1) is 14.6. The van der Waals surface area contributed by atoms with E-state index < -0.39 is 9.84 Å². The molecule has 0 spiro atoms.